The van der Waals surface area contributed by atoms with Gasteiger partial charge >= 0.3 is 0 Å². The fraction of sp³-hybridized carbons (Fsp3) is 0.409. The molecule has 1 unspecified atom stereocenters. The topological polar surface area (TPSA) is 89.1 Å². The number of halogens is 1. The standard InChI is InChI=1S/C22H30N2O5.ClH/c1-17(2)29-24-22(26)16-28-21-10-8-18(9-11-21)12-13-23-14-19(25)15-27-20-6-4-3-5-7-20;/h3-11,17,19,23,25H,12-16H2,1-2H3,(H,24,26);1H. The summed E-state index contributed by atoms with van der Waals surface area (Å²) in [5.41, 5.74) is 3.46. The van der Waals surface area contributed by atoms with Crippen molar-refractivity contribution in [3.63, 3.8) is 0 Å². The minimum absolute atomic E-state index is 0. The SMILES string of the molecule is CC(C)ONC(=O)COc1ccc(CCNCC(O)COc2ccccc2)cc1.Cl. The number of aliphatic hydroxyl groups is 1. The molecule has 2 aromatic carbocycles. The predicted octanol–water partition coefficient (Wildman–Crippen LogP) is 2.52. The van der Waals surface area contributed by atoms with Gasteiger partial charge in [-0.25, -0.2) is 5.48 Å². The zero-order valence-electron chi connectivity index (χ0n) is 17.4. The first-order valence-electron chi connectivity index (χ1n) is 9.76. The van der Waals surface area contributed by atoms with E-state index in [4.69, 9.17) is 14.3 Å². The van der Waals surface area contributed by atoms with Gasteiger partial charge in [0.15, 0.2) is 6.61 Å². The maximum atomic E-state index is 11.5. The minimum atomic E-state index is -0.572. The first-order chi connectivity index (χ1) is 14.0. The van der Waals surface area contributed by atoms with Crippen molar-refractivity contribution in [2.24, 2.45) is 0 Å². The largest absolute Gasteiger partial charge is 0.491 e. The molecule has 8 heteroatoms. The van der Waals surface area contributed by atoms with E-state index in [1.165, 1.54) is 0 Å². The second-order valence-electron chi connectivity index (χ2n) is 6.86. The van der Waals surface area contributed by atoms with Gasteiger partial charge in [-0.3, -0.25) is 9.63 Å². The van der Waals surface area contributed by atoms with Gasteiger partial charge in [0.05, 0.1) is 6.10 Å². The highest BCUT2D eigenvalue weighted by atomic mass is 35.5. The summed E-state index contributed by atoms with van der Waals surface area (Å²) in [5.74, 6) is 1.04. The molecular formula is C22H31ClN2O5. The Morgan fingerprint density at radius 3 is 2.33 bits per heavy atom. The van der Waals surface area contributed by atoms with Crippen molar-refractivity contribution >= 4 is 18.3 Å². The molecule has 7 nitrogen and oxygen atoms in total. The number of aliphatic hydroxyl groups excluding tert-OH is 1. The van der Waals surface area contributed by atoms with E-state index in [2.05, 4.69) is 10.8 Å². The zero-order valence-corrected chi connectivity index (χ0v) is 18.2. The molecule has 0 fully saturated rings. The van der Waals surface area contributed by atoms with E-state index in [0.29, 0.717) is 12.3 Å². The quantitative estimate of drug-likeness (QED) is 0.329. The third kappa shape index (κ3) is 11.0. The molecule has 0 aliphatic rings. The van der Waals surface area contributed by atoms with Crippen LogP contribution in [0.25, 0.3) is 0 Å². The van der Waals surface area contributed by atoms with Gasteiger partial charge in [0.2, 0.25) is 0 Å². The highest BCUT2D eigenvalue weighted by Gasteiger charge is 2.06. The molecule has 0 aliphatic carbocycles. The van der Waals surface area contributed by atoms with E-state index in [9.17, 15) is 9.90 Å². The normalized spacial score (nSPS) is 11.5. The average molecular weight is 439 g/mol. The molecule has 0 saturated carbocycles. The third-order valence-electron chi connectivity index (χ3n) is 3.86. The molecule has 1 atom stereocenters. The minimum Gasteiger partial charge on any atom is -0.491 e. The fourth-order valence-electron chi connectivity index (χ4n) is 2.38. The Morgan fingerprint density at radius 1 is 1.00 bits per heavy atom. The number of amides is 1. The first kappa shape index (κ1) is 25.7. The average Bonchev–Trinajstić information content (AvgIpc) is 2.74. The van der Waals surface area contributed by atoms with E-state index in [1.807, 2.05) is 68.4 Å². The summed E-state index contributed by atoms with van der Waals surface area (Å²) in [6.45, 7) is 5.00. The summed E-state index contributed by atoms with van der Waals surface area (Å²) >= 11 is 0. The van der Waals surface area contributed by atoms with Gasteiger partial charge in [0, 0.05) is 6.54 Å². The molecule has 0 saturated heterocycles. The van der Waals surface area contributed by atoms with E-state index in [1.54, 1.807) is 0 Å². The van der Waals surface area contributed by atoms with E-state index >= 15 is 0 Å². The van der Waals surface area contributed by atoms with Crippen LogP contribution in [-0.4, -0.2) is 49.5 Å². The van der Waals surface area contributed by atoms with Crippen LogP contribution in [0, 0.1) is 0 Å². The number of rotatable bonds is 13. The first-order valence-corrected chi connectivity index (χ1v) is 9.76. The lowest BCUT2D eigenvalue weighted by Crippen LogP contribution is -2.32. The van der Waals surface area contributed by atoms with E-state index in [0.717, 1.165) is 24.3 Å². The van der Waals surface area contributed by atoms with Crippen molar-refractivity contribution in [2.45, 2.75) is 32.5 Å². The van der Waals surface area contributed by atoms with Crippen molar-refractivity contribution in [1.29, 1.82) is 0 Å². The molecule has 0 heterocycles. The Balaban J connectivity index is 0.00000450. The highest BCUT2D eigenvalue weighted by Crippen LogP contribution is 2.12. The summed E-state index contributed by atoms with van der Waals surface area (Å²) in [6, 6.07) is 17.0. The molecule has 2 aromatic rings. The fourth-order valence-corrected chi connectivity index (χ4v) is 2.38. The molecule has 0 radical (unpaired) electrons. The lowest BCUT2D eigenvalue weighted by Gasteiger charge is -2.13. The van der Waals surface area contributed by atoms with Crippen LogP contribution in [0.3, 0.4) is 0 Å². The van der Waals surface area contributed by atoms with Crippen LogP contribution < -0.4 is 20.3 Å². The van der Waals surface area contributed by atoms with Crippen LogP contribution in [0.4, 0.5) is 0 Å². The summed E-state index contributed by atoms with van der Waals surface area (Å²) in [7, 11) is 0. The Hall–Kier alpha value is -2.32. The van der Waals surface area contributed by atoms with Crippen LogP contribution in [-0.2, 0) is 16.1 Å². The van der Waals surface area contributed by atoms with Gasteiger partial charge in [-0.15, -0.1) is 12.4 Å². The Labute approximate surface area is 184 Å². The van der Waals surface area contributed by atoms with Crippen molar-refractivity contribution < 1.29 is 24.2 Å². The summed E-state index contributed by atoms with van der Waals surface area (Å²) in [5, 5.41) is 13.2. The van der Waals surface area contributed by atoms with Crippen molar-refractivity contribution in [2.75, 3.05) is 26.3 Å². The van der Waals surface area contributed by atoms with Gasteiger partial charge in [0.1, 0.15) is 24.2 Å². The van der Waals surface area contributed by atoms with E-state index in [-0.39, 0.29) is 37.6 Å². The zero-order chi connectivity index (χ0) is 20.9. The lowest BCUT2D eigenvalue weighted by molar-refractivity contribution is -0.139. The van der Waals surface area contributed by atoms with Crippen LogP contribution in [0.1, 0.15) is 19.4 Å². The summed E-state index contributed by atoms with van der Waals surface area (Å²) in [4.78, 5) is 16.6. The number of carbonyl (C=O) groups is 1. The van der Waals surface area contributed by atoms with E-state index < -0.39 is 6.10 Å². The molecular weight excluding hydrogens is 408 g/mol. The van der Waals surface area contributed by atoms with Crippen LogP contribution in [0.5, 0.6) is 11.5 Å². The van der Waals surface area contributed by atoms with Crippen LogP contribution >= 0.6 is 12.4 Å². The number of para-hydroxylation sites is 1. The Bertz CT molecular complexity index is 713. The molecule has 166 valence electrons. The van der Waals surface area contributed by atoms with Crippen molar-refractivity contribution in [1.82, 2.24) is 10.8 Å². The second-order valence-corrected chi connectivity index (χ2v) is 6.86. The summed E-state index contributed by atoms with van der Waals surface area (Å²) < 4.78 is 10.9. The maximum Gasteiger partial charge on any atom is 0.281 e. The van der Waals surface area contributed by atoms with Gasteiger partial charge < -0.3 is 19.9 Å². The molecule has 0 aromatic heterocycles. The third-order valence-corrected chi connectivity index (χ3v) is 3.86. The molecule has 1 amide bonds. The number of nitrogens with one attached hydrogen (secondary N) is 2. The predicted molar refractivity (Wildman–Crippen MR) is 118 cm³/mol. The molecule has 2 rings (SSSR count). The Kier molecular flexibility index (Phi) is 12.5. The monoisotopic (exact) mass is 438 g/mol. The molecule has 0 bridgehead atoms. The number of hydrogen-bond acceptors (Lipinski definition) is 6. The number of benzene rings is 2. The van der Waals surface area contributed by atoms with Crippen LogP contribution in [0.15, 0.2) is 54.6 Å². The molecule has 0 spiro atoms. The van der Waals surface area contributed by atoms with Crippen LogP contribution in [0.2, 0.25) is 0 Å². The smallest absolute Gasteiger partial charge is 0.281 e. The number of hydrogen-bond donors (Lipinski definition) is 3. The van der Waals surface area contributed by atoms with Crippen molar-refractivity contribution in [3.05, 3.63) is 60.2 Å². The van der Waals surface area contributed by atoms with Gasteiger partial charge in [0.25, 0.3) is 5.91 Å². The number of ether oxygens (including phenoxy) is 2. The van der Waals surface area contributed by atoms with Gasteiger partial charge in [-0.2, -0.15) is 0 Å². The van der Waals surface area contributed by atoms with Gasteiger partial charge in [-0.1, -0.05) is 30.3 Å². The Morgan fingerprint density at radius 2 is 1.67 bits per heavy atom. The number of hydroxylamine groups is 1. The number of carbonyl (C=O) groups excluding carboxylic acids is 1. The molecule has 0 aliphatic heterocycles. The molecule has 30 heavy (non-hydrogen) atoms. The summed E-state index contributed by atoms with van der Waals surface area (Å²) in [6.07, 6.45) is 0.163. The molecule has 3 N–H and O–H groups in total. The second kappa shape index (κ2) is 14.6. The highest BCUT2D eigenvalue weighted by molar-refractivity contribution is 5.85. The van der Waals surface area contributed by atoms with Gasteiger partial charge in [-0.05, 0) is 56.6 Å². The van der Waals surface area contributed by atoms with Crippen molar-refractivity contribution in [3.8, 4) is 11.5 Å². The lowest BCUT2D eigenvalue weighted by atomic mass is 10.1. The maximum absolute atomic E-state index is 11.5.